The largest absolute Gasteiger partial charge is 0.411 e. The molecular weight excluding hydrogens is 199 g/mol. The number of hydrazine groups is 1. The summed E-state index contributed by atoms with van der Waals surface area (Å²) in [6.45, 7) is 0.860. The van der Waals surface area contributed by atoms with Gasteiger partial charge in [-0.1, -0.05) is 6.92 Å². The third kappa shape index (κ3) is 7.81. The van der Waals surface area contributed by atoms with Crippen LogP contribution in [0.5, 0.6) is 0 Å². The summed E-state index contributed by atoms with van der Waals surface area (Å²) in [5.74, 6) is 5.24. The average molecular weight is 213 g/mol. The van der Waals surface area contributed by atoms with E-state index in [4.69, 9.17) is 5.84 Å². The predicted molar refractivity (Wildman–Crippen MR) is 46.8 cm³/mol. The summed E-state index contributed by atoms with van der Waals surface area (Å²) >= 11 is 0. The van der Waals surface area contributed by atoms with Crippen molar-refractivity contribution in [1.82, 2.24) is 5.43 Å². The Morgan fingerprint density at radius 3 is 2.57 bits per heavy atom. The molecule has 0 aromatic rings. The van der Waals surface area contributed by atoms with Gasteiger partial charge >= 0.3 is 6.18 Å². The van der Waals surface area contributed by atoms with Crippen LogP contribution < -0.4 is 11.3 Å². The van der Waals surface area contributed by atoms with Crippen LogP contribution in [0.2, 0.25) is 0 Å². The molecule has 0 bridgehead atoms. The fraction of sp³-hybridized carbons (Fsp3) is 0.857. The Hall–Kier alpha value is -0.820. The molecule has 0 aromatic carbocycles. The van der Waals surface area contributed by atoms with Crippen LogP contribution in [0.1, 0.15) is 13.3 Å². The molecule has 0 spiro atoms. The van der Waals surface area contributed by atoms with E-state index in [2.05, 4.69) is 15.2 Å². The van der Waals surface area contributed by atoms with Crippen molar-refractivity contribution in [3.8, 4) is 0 Å². The van der Waals surface area contributed by atoms with E-state index in [1.54, 1.807) is 0 Å². The molecule has 0 radical (unpaired) electrons. The summed E-state index contributed by atoms with van der Waals surface area (Å²) in [5.41, 5.74) is 2.18. The molecule has 0 heterocycles. The van der Waals surface area contributed by atoms with Crippen molar-refractivity contribution >= 4 is 5.84 Å². The number of alkyl halides is 3. The van der Waals surface area contributed by atoms with Crippen LogP contribution in [-0.4, -0.2) is 31.8 Å². The second-order valence-electron chi connectivity index (χ2n) is 2.58. The Morgan fingerprint density at radius 1 is 1.50 bits per heavy atom. The fourth-order valence-electron chi connectivity index (χ4n) is 0.643. The third-order valence-electron chi connectivity index (χ3n) is 1.20. The molecule has 0 aliphatic heterocycles. The van der Waals surface area contributed by atoms with E-state index in [0.717, 1.165) is 6.42 Å². The maximum atomic E-state index is 11.6. The molecule has 0 unspecified atom stereocenters. The molecule has 14 heavy (non-hydrogen) atoms. The summed E-state index contributed by atoms with van der Waals surface area (Å²) in [4.78, 5) is 3.87. The van der Waals surface area contributed by atoms with Gasteiger partial charge in [-0.2, -0.15) is 13.2 Å². The quantitative estimate of drug-likeness (QED) is 0.308. The Morgan fingerprint density at radius 2 is 2.14 bits per heavy atom. The maximum absolute atomic E-state index is 11.6. The van der Waals surface area contributed by atoms with Crippen LogP contribution in [0.25, 0.3) is 0 Å². The van der Waals surface area contributed by atoms with Gasteiger partial charge < -0.3 is 10.2 Å². The van der Waals surface area contributed by atoms with Gasteiger partial charge in [0.25, 0.3) is 0 Å². The number of nitrogens with zero attached hydrogens (tertiary/aromatic N) is 1. The van der Waals surface area contributed by atoms with Crippen molar-refractivity contribution in [2.24, 2.45) is 10.8 Å². The Bertz CT molecular complexity index is 182. The number of hydrogen-bond acceptors (Lipinski definition) is 3. The number of nitrogens with one attached hydrogen (secondary N) is 1. The SMILES string of the molecule is CCCN=C(COCC(F)(F)F)NN. The zero-order chi connectivity index (χ0) is 11.0. The van der Waals surface area contributed by atoms with Crippen molar-refractivity contribution in [1.29, 1.82) is 0 Å². The molecule has 0 fully saturated rings. The average Bonchev–Trinajstić information content (AvgIpc) is 2.09. The van der Waals surface area contributed by atoms with E-state index >= 15 is 0 Å². The molecule has 4 nitrogen and oxygen atoms in total. The van der Waals surface area contributed by atoms with Crippen LogP contribution in [-0.2, 0) is 4.74 Å². The minimum absolute atomic E-state index is 0.219. The first-order chi connectivity index (χ1) is 6.49. The van der Waals surface area contributed by atoms with Crippen molar-refractivity contribution in [3.63, 3.8) is 0 Å². The molecule has 0 saturated heterocycles. The van der Waals surface area contributed by atoms with E-state index in [1.807, 2.05) is 6.92 Å². The second kappa shape index (κ2) is 6.61. The molecule has 0 aliphatic rings. The molecule has 0 saturated carbocycles. The van der Waals surface area contributed by atoms with E-state index in [-0.39, 0.29) is 12.4 Å². The number of nitrogens with two attached hydrogens (primary N) is 1. The summed E-state index contributed by atoms with van der Waals surface area (Å²) in [6, 6.07) is 0. The monoisotopic (exact) mass is 213 g/mol. The third-order valence-corrected chi connectivity index (χ3v) is 1.20. The van der Waals surface area contributed by atoms with Crippen molar-refractivity contribution in [3.05, 3.63) is 0 Å². The minimum Gasteiger partial charge on any atom is -0.364 e. The zero-order valence-electron chi connectivity index (χ0n) is 7.90. The fourth-order valence-corrected chi connectivity index (χ4v) is 0.643. The van der Waals surface area contributed by atoms with Gasteiger partial charge in [-0.15, -0.1) is 0 Å². The molecule has 84 valence electrons. The Kier molecular flexibility index (Phi) is 6.22. The van der Waals surface area contributed by atoms with Gasteiger partial charge in [0, 0.05) is 6.54 Å². The van der Waals surface area contributed by atoms with Crippen LogP contribution >= 0.6 is 0 Å². The topological polar surface area (TPSA) is 59.6 Å². The number of rotatable bonds is 5. The van der Waals surface area contributed by atoms with E-state index in [9.17, 15) is 13.2 Å². The van der Waals surface area contributed by atoms with E-state index in [1.165, 1.54) is 0 Å². The molecule has 0 amide bonds. The molecule has 0 atom stereocenters. The number of amidine groups is 1. The summed E-state index contributed by atoms with van der Waals surface area (Å²) in [5, 5.41) is 0. The van der Waals surface area contributed by atoms with Crippen LogP contribution in [0, 0.1) is 0 Å². The summed E-state index contributed by atoms with van der Waals surface area (Å²) < 4.78 is 39.3. The van der Waals surface area contributed by atoms with Gasteiger partial charge in [-0.3, -0.25) is 4.99 Å². The minimum atomic E-state index is -4.32. The molecule has 0 aliphatic carbocycles. The normalized spacial score (nSPS) is 13.1. The van der Waals surface area contributed by atoms with Gasteiger partial charge in [-0.25, -0.2) is 5.84 Å². The lowest BCUT2D eigenvalue weighted by atomic mass is 10.5. The molecule has 3 N–H and O–H groups in total. The standard InChI is InChI=1S/C7H14F3N3O/c1-2-3-12-6(13-11)4-14-5-7(8,9)10/h2-5,11H2,1H3,(H,12,13). The number of ether oxygens (including phenoxy) is 1. The lowest BCUT2D eigenvalue weighted by Crippen LogP contribution is -2.35. The number of halogens is 3. The highest BCUT2D eigenvalue weighted by Gasteiger charge is 2.27. The smallest absolute Gasteiger partial charge is 0.364 e. The van der Waals surface area contributed by atoms with Crippen LogP contribution in [0.3, 0.4) is 0 Å². The second-order valence-corrected chi connectivity index (χ2v) is 2.58. The predicted octanol–water partition coefficient (Wildman–Crippen LogP) is 0.837. The van der Waals surface area contributed by atoms with Crippen LogP contribution in [0.15, 0.2) is 4.99 Å². The number of hydrogen-bond donors (Lipinski definition) is 2. The first kappa shape index (κ1) is 13.2. The first-order valence-corrected chi connectivity index (χ1v) is 4.14. The highest BCUT2D eigenvalue weighted by Crippen LogP contribution is 2.13. The van der Waals surface area contributed by atoms with Crippen LogP contribution in [0.4, 0.5) is 13.2 Å². The first-order valence-electron chi connectivity index (χ1n) is 4.14. The van der Waals surface area contributed by atoms with Gasteiger partial charge in [0.1, 0.15) is 19.0 Å². The molecule has 7 heteroatoms. The summed E-state index contributed by atoms with van der Waals surface area (Å²) in [6.07, 6.45) is -3.52. The van der Waals surface area contributed by atoms with Crippen molar-refractivity contribution < 1.29 is 17.9 Å². The van der Waals surface area contributed by atoms with Gasteiger partial charge in [-0.05, 0) is 6.42 Å². The highest BCUT2D eigenvalue weighted by molar-refractivity contribution is 5.82. The van der Waals surface area contributed by atoms with E-state index in [0.29, 0.717) is 6.54 Å². The Balaban J connectivity index is 3.73. The molecule has 0 rings (SSSR count). The maximum Gasteiger partial charge on any atom is 0.411 e. The van der Waals surface area contributed by atoms with Gasteiger partial charge in [0.15, 0.2) is 0 Å². The van der Waals surface area contributed by atoms with Crippen molar-refractivity contribution in [2.45, 2.75) is 19.5 Å². The van der Waals surface area contributed by atoms with Crippen molar-refractivity contribution in [2.75, 3.05) is 19.8 Å². The zero-order valence-corrected chi connectivity index (χ0v) is 7.90. The van der Waals surface area contributed by atoms with Gasteiger partial charge in [0.05, 0.1) is 0 Å². The highest BCUT2D eigenvalue weighted by atomic mass is 19.4. The Labute approximate surface area is 80.3 Å². The lowest BCUT2D eigenvalue weighted by molar-refractivity contribution is -0.170. The van der Waals surface area contributed by atoms with Gasteiger partial charge in [0.2, 0.25) is 0 Å². The summed E-state index contributed by atoms with van der Waals surface area (Å²) in [7, 11) is 0. The molecular formula is C7H14F3N3O. The molecule has 0 aromatic heterocycles. The lowest BCUT2D eigenvalue weighted by Gasteiger charge is -2.09. The number of aliphatic imine (C=N–C) groups is 1. The van der Waals surface area contributed by atoms with E-state index < -0.39 is 12.8 Å².